The molecule has 1 saturated heterocycles. The predicted molar refractivity (Wildman–Crippen MR) is 112 cm³/mol. The fourth-order valence-electron chi connectivity index (χ4n) is 3.41. The minimum absolute atomic E-state index is 0.261. The first-order valence-electron chi connectivity index (χ1n) is 10.1. The Morgan fingerprint density at radius 2 is 2.03 bits per heavy atom. The molecule has 0 spiro atoms. The first-order chi connectivity index (χ1) is 14.2. The number of piperidine rings is 1. The van der Waals surface area contributed by atoms with E-state index in [1.165, 1.54) is 6.07 Å². The molecule has 3 rings (SSSR count). The third-order valence-electron chi connectivity index (χ3n) is 4.98. The van der Waals surface area contributed by atoms with E-state index in [4.69, 9.17) is 10.00 Å². The highest BCUT2D eigenvalue weighted by Gasteiger charge is 2.28. The number of halogens is 1. The fourth-order valence-corrected chi connectivity index (χ4v) is 3.41. The Kier molecular flexibility index (Phi) is 6.56. The van der Waals surface area contributed by atoms with Crippen LogP contribution in [0, 0.1) is 17.1 Å². The van der Waals surface area contributed by atoms with Crippen LogP contribution in [0.25, 0.3) is 0 Å². The second-order valence-corrected chi connectivity index (χ2v) is 8.46. The number of carbonyl (C=O) groups excluding carboxylic acids is 1. The normalized spacial score (nSPS) is 14.8. The molecular weight excluding hydrogens is 383 g/mol. The molecule has 7 heteroatoms. The summed E-state index contributed by atoms with van der Waals surface area (Å²) < 4.78 is 19.5. The fraction of sp³-hybridized carbons (Fsp3) is 0.435. The van der Waals surface area contributed by atoms with Crippen LogP contribution in [0.1, 0.15) is 56.4 Å². The molecule has 1 aromatic heterocycles. The lowest BCUT2D eigenvalue weighted by molar-refractivity contribution is 0.0204. The van der Waals surface area contributed by atoms with Gasteiger partial charge in [0.2, 0.25) is 0 Å². The van der Waals surface area contributed by atoms with Gasteiger partial charge in [0.1, 0.15) is 17.2 Å². The van der Waals surface area contributed by atoms with Crippen LogP contribution in [-0.2, 0) is 11.3 Å². The van der Waals surface area contributed by atoms with Crippen molar-refractivity contribution in [2.75, 3.05) is 18.4 Å². The molecule has 6 nitrogen and oxygen atoms in total. The van der Waals surface area contributed by atoms with Gasteiger partial charge in [-0.3, -0.25) is 0 Å². The highest BCUT2D eigenvalue weighted by Crippen LogP contribution is 2.28. The van der Waals surface area contributed by atoms with Gasteiger partial charge in [0.25, 0.3) is 0 Å². The lowest BCUT2D eigenvalue weighted by Gasteiger charge is -2.33. The van der Waals surface area contributed by atoms with Crippen LogP contribution in [0.15, 0.2) is 36.4 Å². The minimum Gasteiger partial charge on any atom is -0.444 e. The molecule has 0 aliphatic carbocycles. The van der Waals surface area contributed by atoms with E-state index in [1.54, 1.807) is 17.0 Å². The van der Waals surface area contributed by atoms with Gasteiger partial charge >= 0.3 is 6.09 Å². The highest BCUT2D eigenvalue weighted by atomic mass is 19.1. The topological polar surface area (TPSA) is 78.2 Å². The molecule has 30 heavy (non-hydrogen) atoms. The number of likely N-dealkylation sites (tertiary alicyclic amines) is 1. The second kappa shape index (κ2) is 9.12. The van der Waals surface area contributed by atoms with Crippen molar-refractivity contribution < 1.29 is 13.9 Å². The van der Waals surface area contributed by atoms with Gasteiger partial charge in [0.15, 0.2) is 0 Å². The summed E-state index contributed by atoms with van der Waals surface area (Å²) in [5.41, 5.74) is 1.24. The van der Waals surface area contributed by atoms with Gasteiger partial charge in [-0.15, -0.1) is 0 Å². The van der Waals surface area contributed by atoms with E-state index >= 15 is 0 Å². The van der Waals surface area contributed by atoms with Gasteiger partial charge in [-0.2, -0.15) is 5.26 Å². The van der Waals surface area contributed by atoms with Gasteiger partial charge in [0.05, 0.1) is 11.6 Å². The van der Waals surface area contributed by atoms with Crippen molar-refractivity contribution in [2.45, 2.75) is 51.7 Å². The van der Waals surface area contributed by atoms with Crippen LogP contribution >= 0.6 is 0 Å². The Morgan fingerprint density at radius 3 is 2.67 bits per heavy atom. The van der Waals surface area contributed by atoms with Crippen molar-refractivity contribution in [1.29, 1.82) is 5.26 Å². The number of aromatic nitrogens is 1. The van der Waals surface area contributed by atoms with Crippen LogP contribution in [0.2, 0.25) is 0 Å². The number of amides is 1. The summed E-state index contributed by atoms with van der Waals surface area (Å²) in [6.07, 6.45) is 1.37. The number of nitriles is 1. The summed E-state index contributed by atoms with van der Waals surface area (Å²) in [5.74, 6) is 0.523. The van der Waals surface area contributed by atoms with Crippen molar-refractivity contribution >= 4 is 11.9 Å². The maximum Gasteiger partial charge on any atom is 0.410 e. The first-order valence-corrected chi connectivity index (χ1v) is 10.1. The molecular formula is C23H27FN4O2. The Balaban J connectivity index is 1.57. The number of pyridine rings is 1. The van der Waals surface area contributed by atoms with E-state index in [2.05, 4.69) is 10.3 Å². The molecule has 0 bridgehead atoms. The Hall–Kier alpha value is -3.14. The summed E-state index contributed by atoms with van der Waals surface area (Å²) in [6.45, 7) is 7.15. The largest absolute Gasteiger partial charge is 0.444 e. The molecule has 1 aromatic carbocycles. The number of rotatable bonds is 4. The molecule has 0 unspecified atom stereocenters. The number of ether oxygens (including phenoxy) is 1. The van der Waals surface area contributed by atoms with Crippen molar-refractivity contribution in [2.24, 2.45) is 0 Å². The van der Waals surface area contributed by atoms with Gasteiger partial charge in [-0.05, 0) is 57.9 Å². The molecule has 0 atom stereocenters. The monoisotopic (exact) mass is 410 g/mol. The molecule has 2 aromatic rings. The lowest BCUT2D eigenvalue weighted by atomic mass is 9.93. The van der Waals surface area contributed by atoms with Crippen LogP contribution in [-0.4, -0.2) is 34.7 Å². The molecule has 0 saturated carbocycles. The zero-order valence-corrected chi connectivity index (χ0v) is 17.6. The molecule has 1 fully saturated rings. The smallest absolute Gasteiger partial charge is 0.410 e. The molecule has 2 heterocycles. The number of nitrogens with zero attached hydrogens (tertiary/aromatic N) is 3. The van der Waals surface area contributed by atoms with E-state index in [-0.39, 0.29) is 18.6 Å². The quantitative estimate of drug-likeness (QED) is 0.782. The molecule has 158 valence electrons. The van der Waals surface area contributed by atoms with Crippen molar-refractivity contribution in [3.05, 3.63) is 59.0 Å². The zero-order chi connectivity index (χ0) is 21.7. The van der Waals surface area contributed by atoms with Gasteiger partial charge in [-0.1, -0.05) is 12.1 Å². The van der Waals surface area contributed by atoms with E-state index in [9.17, 15) is 9.18 Å². The Morgan fingerprint density at radius 1 is 1.30 bits per heavy atom. The summed E-state index contributed by atoms with van der Waals surface area (Å²) in [5, 5.41) is 12.0. The van der Waals surface area contributed by atoms with E-state index in [1.807, 2.05) is 45.0 Å². The molecule has 1 N–H and O–H groups in total. The second-order valence-electron chi connectivity index (χ2n) is 8.46. The van der Waals surface area contributed by atoms with Crippen LogP contribution < -0.4 is 5.32 Å². The van der Waals surface area contributed by atoms with E-state index < -0.39 is 11.4 Å². The average molecular weight is 410 g/mol. The number of hydrogen-bond acceptors (Lipinski definition) is 5. The maximum absolute atomic E-state index is 14.1. The number of carbonyl (C=O) groups is 1. The van der Waals surface area contributed by atoms with Gasteiger partial charge in [-0.25, -0.2) is 14.2 Å². The van der Waals surface area contributed by atoms with E-state index in [0.29, 0.717) is 30.0 Å². The third-order valence-corrected chi connectivity index (χ3v) is 4.98. The highest BCUT2D eigenvalue weighted by molar-refractivity contribution is 5.68. The lowest BCUT2D eigenvalue weighted by Crippen LogP contribution is -2.41. The van der Waals surface area contributed by atoms with Gasteiger partial charge < -0.3 is 15.0 Å². The first kappa shape index (κ1) is 21.6. The molecule has 1 aliphatic rings. The standard InChI is InChI=1S/C23H27FN4O2/c1-23(2,3)30-22(29)28-11-9-17(10-12-28)20-5-4-6-21(27-20)26-15-18-8-7-16(14-25)13-19(18)24/h4-8,13,17H,9-12,15H2,1-3H3,(H,26,27). The number of benzene rings is 1. The Labute approximate surface area is 176 Å². The molecule has 0 radical (unpaired) electrons. The average Bonchev–Trinajstić information content (AvgIpc) is 2.72. The van der Waals surface area contributed by atoms with Crippen molar-refractivity contribution in [3.63, 3.8) is 0 Å². The predicted octanol–water partition coefficient (Wildman–Crippen LogP) is 4.82. The number of anilines is 1. The SMILES string of the molecule is CC(C)(C)OC(=O)N1CCC(c2cccc(NCc3ccc(C#N)cc3F)n2)CC1. The summed E-state index contributed by atoms with van der Waals surface area (Å²) in [6, 6.07) is 12.1. The summed E-state index contributed by atoms with van der Waals surface area (Å²) in [4.78, 5) is 18.7. The summed E-state index contributed by atoms with van der Waals surface area (Å²) >= 11 is 0. The van der Waals surface area contributed by atoms with Gasteiger partial charge in [0, 0.05) is 36.8 Å². The van der Waals surface area contributed by atoms with Crippen molar-refractivity contribution in [1.82, 2.24) is 9.88 Å². The zero-order valence-electron chi connectivity index (χ0n) is 17.6. The maximum atomic E-state index is 14.1. The van der Waals surface area contributed by atoms with Crippen LogP contribution in [0.4, 0.5) is 15.0 Å². The number of nitrogens with one attached hydrogen (secondary N) is 1. The molecule has 1 aliphatic heterocycles. The third kappa shape index (κ3) is 5.69. The Bertz CT molecular complexity index is 941. The minimum atomic E-state index is -0.496. The van der Waals surface area contributed by atoms with Crippen LogP contribution in [0.3, 0.4) is 0 Å². The van der Waals surface area contributed by atoms with E-state index in [0.717, 1.165) is 18.5 Å². The molecule has 1 amide bonds. The van der Waals surface area contributed by atoms with Crippen LogP contribution in [0.5, 0.6) is 0 Å². The number of hydrogen-bond donors (Lipinski definition) is 1. The summed E-state index contributed by atoms with van der Waals surface area (Å²) in [7, 11) is 0. The van der Waals surface area contributed by atoms with Crippen molar-refractivity contribution in [3.8, 4) is 6.07 Å².